The molecule has 2 amide bonds. The molecule has 0 aliphatic heterocycles. The van der Waals surface area contributed by atoms with Crippen LogP contribution in [0.25, 0.3) is 22.2 Å². The molecule has 9 nitrogen and oxygen atoms in total. The Kier molecular flexibility index (Phi) is 6.71. The van der Waals surface area contributed by atoms with Crippen molar-refractivity contribution in [2.24, 2.45) is 0 Å². The van der Waals surface area contributed by atoms with Crippen LogP contribution < -0.4 is 16.0 Å². The van der Waals surface area contributed by atoms with E-state index < -0.39 is 11.8 Å². The Morgan fingerprint density at radius 1 is 1.05 bits per heavy atom. The van der Waals surface area contributed by atoms with Crippen molar-refractivity contribution in [2.45, 2.75) is 44.7 Å². The number of H-pyrrole nitrogens is 1. The molecule has 2 heterocycles. The van der Waals surface area contributed by atoms with Crippen molar-refractivity contribution in [1.82, 2.24) is 20.3 Å². The third-order valence-corrected chi connectivity index (χ3v) is 6.96. The fourth-order valence-electron chi connectivity index (χ4n) is 4.95. The van der Waals surface area contributed by atoms with Crippen molar-refractivity contribution in [1.29, 1.82) is 0 Å². The van der Waals surface area contributed by atoms with Gasteiger partial charge in [0.05, 0.1) is 16.9 Å². The van der Waals surface area contributed by atoms with Gasteiger partial charge in [0.1, 0.15) is 5.66 Å². The summed E-state index contributed by atoms with van der Waals surface area (Å²) in [6.07, 6.45) is 4.81. The van der Waals surface area contributed by atoms with Gasteiger partial charge in [0.25, 0.3) is 5.91 Å². The highest BCUT2D eigenvalue weighted by atomic mass is 35.5. The summed E-state index contributed by atoms with van der Waals surface area (Å²) in [5, 5.41) is 19.2. The van der Waals surface area contributed by atoms with E-state index in [1.807, 2.05) is 31.2 Å². The van der Waals surface area contributed by atoms with Gasteiger partial charge in [-0.3, -0.25) is 10.1 Å². The highest BCUT2D eigenvalue weighted by Gasteiger charge is 2.35. The molecule has 190 valence electrons. The molecule has 0 radical (unpaired) electrons. The van der Waals surface area contributed by atoms with Crippen LogP contribution in [0.4, 0.5) is 16.4 Å². The molecule has 1 aliphatic rings. The molecule has 1 fully saturated rings. The number of rotatable bonds is 6. The number of halogens is 1. The van der Waals surface area contributed by atoms with E-state index in [0.717, 1.165) is 41.4 Å². The van der Waals surface area contributed by atoms with Gasteiger partial charge in [-0.15, -0.1) is 0 Å². The standard InChI is InChI=1S/C27H27ClN6O3/c1-16-22(19-7-3-4-8-21(19)30-16)23-20(28)15-29-25(32-23)34-27(13-5-2-6-14-27)33-24(35)17-9-11-18(12-10-17)31-26(36)37/h3-4,7-12,15,30-31H,2,5-6,13-14H2,1H3,(H,33,35)(H,36,37)(H,29,32,34). The Morgan fingerprint density at radius 2 is 1.78 bits per heavy atom. The third-order valence-electron chi connectivity index (χ3n) is 6.68. The number of hydrogen-bond acceptors (Lipinski definition) is 5. The molecule has 0 spiro atoms. The molecule has 1 saturated carbocycles. The first-order valence-corrected chi connectivity index (χ1v) is 12.5. The van der Waals surface area contributed by atoms with Crippen molar-refractivity contribution in [2.75, 3.05) is 10.6 Å². The lowest BCUT2D eigenvalue weighted by molar-refractivity contribution is 0.0888. The van der Waals surface area contributed by atoms with Crippen molar-refractivity contribution < 1.29 is 14.7 Å². The quantitative estimate of drug-likeness (QED) is 0.194. The van der Waals surface area contributed by atoms with E-state index in [9.17, 15) is 9.59 Å². The topological polar surface area (TPSA) is 132 Å². The number of para-hydroxylation sites is 1. The molecule has 5 N–H and O–H groups in total. The van der Waals surface area contributed by atoms with Crippen molar-refractivity contribution in [3.63, 3.8) is 0 Å². The Hall–Kier alpha value is -4.11. The van der Waals surface area contributed by atoms with Gasteiger partial charge in [-0.2, -0.15) is 0 Å². The second-order valence-corrected chi connectivity index (χ2v) is 9.70. The molecule has 37 heavy (non-hydrogen) atoms. The molecule has 0 bridgehead atoms. The predicted molar refractivity (Wildman–Crippen MR) is 144 cm³/mol. The number of amides is 2. The van der Waals surface area contributed by atoms with Gasteiger partial charge in [-0.1, -0.05) is 36.2 Å². The lowest BCUT2D eigenvalue weighted by Gasteiger charge is -2.39. The Morgan fingerprint density at radius 3 is 2.51 bits per heavy atom. The molecule has 0 saturated heterocycles. The van der Waals surface area contributed by atoms with Crippen LogP contribution in [0.15, 0.2) is 54.7 Å². The maximum absolute atomic E-state index is 13.2. The van der Waals surface area contributed by atoms with E-state index >= 15 is 0 Å². The Bertz CT molecular complexity index is 1460. The lowest BCUT2D eigenvalue weighted by Crippen LogP contribution is -2.55. The summed E-state index contributed by atoms with van der Waals surface area (Å²) in [7, 11) is 0. The minimum Gasteiger partial charge on any atom is -0.465 e. The average Bonchev–Trinajstić information content (AvgIpc) is 3.21. The number of carbonyl (C=O) groups excluding carboxylic acids is 1. The number of hydrogen-bond donors (Lipinski definition) is 5. The number of benzene rings is 2. The van der Waals surface area contributed by atoms with Gasteiger partial charge in [0.2, 0.25) is 5.95 Å². The smallest absolute Gasteiger partial charge is 0.409 e. The fourth-order valence-corrected chi connectivity index (χ4v) is 5.14. The van der Waals surface area contributed by atoms with E-state index in [1.54, 1.807) is 30.5 Å². The van der Waals surface area contributed by atoms with Gasteiger partial charge >= 0.3 is 6.09 Å². The molecule has 4 aromatic rings. The molecule has 2 aromatic carbocycles. The second-order valence-electron chi connectivity index (χ2n) is 9.29. The summed E-state index contributed by atoms with van der Waals surface area (Å²) in [5.41, 5.74) is 3.58. The van der Waals surface area contributed by atoms with E-state index in [2.05, 4.69) is 25.9 Å². The SMILES string of the molecule is Cc1[nH]c2ccccc2c1-c1nc(NC2(NC(=O)c3ccc(NC(=O)O)cc3)CCCCC2)ncc1Cl. The lowest BCUT2D eigenvalue weighted by atomic mass is 9.88. The van der Waals surface area contributed by atoms with Crippen molar-refractivity contribution >= 4 is 46.1 Å². The van der Waals surface area contributed by atoms with Crippen LogP contribution in [0.1, 0.15) is 48.2 Å². The van der Waals surface area contributed by atoms with Crippen LogP contribution in [-0.2, 0) is 0 Å². The zero-order chi connectivity index (χ0) is 26.0. The zero-order valence-corrected chi connectivity index (χ0v) is 21.0. The number of aryl methyl sites for hydroxylation is 1. The number of carbonyl (C=O) groups is 2. The second kappa shape index (κ2) is 10.1. The first-order valence-electron chi connectivity index (χ1n) is 12.1. The van der Waals surface area contributed by atoms with E-state index in [0.29, 0.717) is 40.8 Å². The molecule has 0 atom stereocenters. The monoisotopic (exact) mass is 518 g/mol. The van der Waals surface area contributed by atoms with Gasteiger partial charge < -0.3 is 20.7 Å². The van der Waals surface area contributed by atoms with E-state index in [4.69, 9.17) is 21.7 Å². The van der Waals surface area contributed by atoms with Gasteiger partial charge in [-0.05, 0) is 62.9 Å². The Balaban J connectivity index is 1.43. The Labute approximate surface area is 218 Å². The molecule has 0 unspecified atom stereocenters. The minimum absolute atomic E-state index is 0.266. The van der Waals surface area contributed by atoms with Crippen LogP contribution in [0.5, 0.6) is 0 Å². The number of aromatic amines is 1. The highest BCUT2D eigenvalue weighted by molar-refractivity contribution is 6.33. The van der Waals surface area contributed by atoms with Gasteiger partial charge in [-0.25, -0.2) is 14.8 Å². The maximum Gasteiger partial charge on any atom is 0.409 e. The fraction of sp³-hybridized carbons (Fsp3) is 0.259. The number of anilines is 2. The zero-order valence-electron chi connectivity index (χ0n) is 20.3. The highest BCUT2D eigenvalue weighted by Crippen LogP contribution is 2.36. The first-order chi connectivity index (χ1) is 17.8. The molecule has 5 rings (SSSR count). The van der Waals surface area contributed by atoms with Crippen LogP contribution in [-0.4, -0.2) is 37.7 Å². The number of nitrogens with zero attached hydrogens (tertiary/aromatic N) is 2. The van der Waals surface area contributed by atoms with Crippen LogP contribution in [0.3, 0.4) is 0 Å². The number of aromatic nitrogens is 3. The van der Waals surface area contributed by atoms with Crippen LogP contribution in [0, 0.1) is 6.92 Å². The number of nitrogens with one attached hydrogen (secondary N) is 4. The predicted octanol–water partition coefficient (Wildman–Crippen LogP) is 6.18. The van der Waals surface area contributed by atoms with Crippen molar-refractivity contribution in [3.05, 3.63) is 71.0 Å². The average molecular weight is 519 g/mol. The van der Waals surface area contributed by atoms with Gasteiger partial charge in [0, 0.05) is 33.4 Å². The number of carboxylic acid groups (broad SMARTS) is 1. The summed E-state index contributed by atoms with van der Waals surface area (Å²) in [6, 6.07) is 14.3. The largest absolute Gasteiger partial charge is 0.465 e. The van der Waals surface area contributed by atoms with Crippen molar-refractivity contribution in [3.8, 4) is 11.3 Å². The minimum atomic E-state index is -1.16. The number of fused-ring (bicyclic) bond motifs is 1. The van der Waals surface area contributed by atoms with Crippen LogP contribution >= 0.6 is 11.6 Å². The first kappa shape index (κ1) is 24.6. The van der Waals surface area contributed by atoms with Gasteiger partial charge in [0.15, 0.2) is 0 Å². The van der Waals surface area contributed by atoms with E-state index in [1.165, 1.54) is 0 Å². The molecular formula is C27H27ClN6O3. The van der Waals surface area contributed by atoms with Crippen LogP contribution in [0.2, 0.25) is 5.02 Å². The maximum atomic E-state index is 13.2. The molecule has 1 aliphatic carbocycles. The van der Waals surface area contributed by atoms with E-state index in [-0.39, 0.29) is 5.91 Å². The summed E-state index contributed by atoms with van der Waals surface area (Å²) in [5.74, 6) is 0.116. The summed E-state index contributed by atoms with van der Waals surface area (Å²) in [6.45, 7) is 1.99. The normalized spacial score (nSPS) is 14.8. The molecular weight excluding hydrogens is 492 g/mol. The molecule has 10 heteroatoms. The summed E-state index contributed by atoms with van der Waals surface area (Å²) >= 11 is 6.57. The summed E-state index contributed by atoms with van der Waals surface area (Å²) in [4.78, 5) is 36.7. The summed E-state index contributed by atoms with van der Waals surface area (Å²) < 4.78 is 0. The third kappa shape index (κ3) is 5.22. The molecule has 2 aromatic heterocycles.